The lowest BCUT2D eigenvalue weighted by Crippen LogP contribution is -2.29. The van der Waals surface area contributed by atoms with E-state index in [9.17, 15) is 4.79 Å². The summed E-state index contributed by atoms with van der Waals surface area (Å²) in [6.45, 7) is 5.11. The van der Waals surface area contributed by atoms with Crippen LogP contribution in [0.2, 0.25) is 0 Å². The Labute approximate surface area is 112 Å². The molecule has 100 valence electrons. The van der Waals surface area contributed by atoms with Crippen molar-refractivity contribution in [1.29, 1.82) is 0 Å². The molecule has 0 atom stereocenters. The lowest BCUT2D eigenvalue weighted by molar-refractivity contribution is -0.129. The average molecular weight is 258 g/mol. The van der Waals surface area contributed by atoms with E-state index in [1.54, 1.807) is 14.0 Å². The first-order valence-corrected chi connectivity index (χ1v) is 6.54. The average Bonchev–Trinajstić information content (AvgIpc) is 2.59. The van der Waals surface area contributed by atoms with Crippen LogP contribution in [0, 0.1) is 6.92 Å². The lowest BCUT2D eigenvalue weighted by atomic mass is 10.0. The van der Waals surface area contributed by atoms with Gasteiger partial charge >= 0.3 is 0 Å². The van der Waals surface area contributed by atoms with E-state index in [0.29, 0.717) is 6.54 Å². The summed E-state index contributed by atoms with van der Waals surface area (Å²) in [6, 6.07) is 4.03. The maximum absolute atomic E-state index is 11.7. The van der Waals surface area contributed by atoms with Gasteiger partial charge in [-0.3, -0.25) is 4.79 Å². The molecule has 0 spiro atoms. The van der Waals surface area contributed by atoms with Crippen LogP contribution < -0.4 is 4.74 Å². The molecule has 0 radical (unpaired) electrons. The number of ether oxygens (including phenoxy) is 1. The number of methoxy groups -OCH3 is 1. The zero-order valence-electron chi connectivity index (χ0n) is 11.5. The molecule has 4 heteroatoms. The van der Waals surface area contributed by atoms with E-state index in [1.807, 2.05) is 11.0 Å². The summed E-state index contributed by atoms with van der Waals surface area (Å²) >= 11 is 0. The van der Waals surface area contributed by atoms with Crippen LogP contribution >= 0.6 is 0 Å². The van der Waals surface area contributed by atoms with Crippen molar-refractivity contribution in [2.75, 3.05) is 13.7 Å². The number of benzene rings is 1. The number of H-pyrrole nitrogens is 1. The molecular formula is C15H18N2O2. The Morgan fingerprint density at radius 3 is 2.84 bits per heavy atom. The van der Waals surface area contributed by atoms with Gasteiger partial charge in [0, 0.05) is 42.2 Å². The Kier molecular flexibility index (Phi) is 2.73. The highest BCUT2D eigenvalue weighted by molar-refractivity contribution is 5.91. The highest BCUT2D eigenvalue weighted by Gasteiger charge is 2.23. The third kappa shape index (κ3) is 1.79. The van der Waals surface area contributed by atoms with Crippen LogP contribution in [0.1, 0.15) is 23.7 Å². The normalized spacial score (nSPS) is 14.6. The molecule has 1 aliphatic rings. The zero-order valence-corrected chi connectivity index (χ0v) is 11.5. The maximum Gasteiger partial charge on any atom is 0.219 e. The number of rotatable bonds is 1. The molecule has 3 rings (SSSR count). The van der Waals surface area contributed by atoms with E-state index >= 15 is 0 Å². The second-order valence-corrected chi connectivity index (χ2v) is 5.09. The number of aromatic amines is 1. The van der Waals surface area contributed by atoms with Crippen molar-refractivity contribution >= 4 is 16.8 Å². The first-order chi connectivity index (χ1) is 9.11. The molecule has 2 aromatic rings. The number of amides is 1. The topological polar surface area (TPSA) is 45.3 Å². The summed E-state index contributed by atoms with van der Waals surface area (Å²) in [5.74, 6) is 0.978. The van der Waals surface area contributed by atoms with Gasteiger partial charge in [0.25, 0.3) is 0 Å². The Morgan fingerprint density at radius 2 is 2.16 bits per heavy atom. The van der Waals surface area contributed by atoms with Gasteiger partial charge in [-0.05, 0) is 31.0 Å². The van der Waals surface area contributed by atoms with E-state index in [-0.39, 0.29) is 5.91 Å². The van der Waals surface area contributed by atoms with Crippen molar-refractivity contribution in [1.82, 2.24) is 9.88 Å². The lowest BCUT2D eigenvalue weighted by Gasteiger charge is -2.20. The molecule has 1 amide bonds. The predicted molar refractivity (Wildman–Crippen MR) is 74.4 cm³/mol. The molecule has 2 heterocycles. The van der Waals surface area contributed by atoms with Crippen molar-refractivity contribution in [3.8, 4) is 5.75 Å². The standard InChI is InChI=1S/C15H18N2O2/c1-9-11-6-7-17(10(2)18)8-12-14(19-3)5-4-13(16-9)15(11)12/h4-5,16H,6-8H2,1-3H3. The van der Waals surface area contributed by atoms with Gasteiger partial charge in [0.1, 0.15) is 5.75 Å². The summed E-state index contributed by atoms with van der Waals surface area (Å²) in [5, 5.41) is 1.24. The molecule has 1 aliphatic heterocycles. The monoisotopic (exact) mass is 258 g/mol. The summed E-state index contributed by atoms with van der Waals surface area (Å²) in [4.78, 5) is 17.0. The number of aryl methyl sites for hydroxylation is 1. The van der Waals surface area contributed by atoms with E-state index in [2.05, 4.69) is 18.0 Å². The molecule has 0 bridgehead atoms. The number of nitrogens with one attached hydrogen (secondary N) is 1. The van der Waals surface area contributed by atoms with Crippen LogP contribution in [0.15, 0.2) is 12.1 Å². The predicted octanol–water partition coefficient (Wildman–Crippen LogP) is 2.39. The second-order valence-electron chi connectivity index (χ2n) is 5.09. The van der Waals surface area contributed by atoms with Gasteiger partial charge in [0.2, 0.25) is 5.91 Å². The molecule has 0 aliphatic carbocycles. The second kappa shape index (κ2) is 4.30. The van der Waals surface area contributed by atoms with Crippen molar-refractivity contribution in [3.05, 3.63) is 29.0 Å². The van der Waals surface area contributed by atoms with Crippen molar-refractivity contribution < 1.29 is 9.53 Å². The summed E-state index contributed by atoms with van der Waals surface area (Å²) in [6.07, 6.45) is 0.894. The molecular weight excluding hydrogens is 240 g/mol. The largest absolute Gasteiger partial charge is 0.496 e. The first kappa shape index (κ1) is 12.1. The highest BCUT2D eigenvalue weighted by atomic mass is 16.5. The SMILES string of the molecule is COc1ccc2[nH]c(C)c3c2c1CN(C(C)=O)CC3. The molecule has 0 fully saturated rings. The number of carbonyl (C=O) groups is 1. The van der Waals surface area contributed by atoms with Crippen LogP contribution in [0.3, 0.4) is 0 Å². The van der Waals surface area contributed by atoms with E-state index < -0.39 is 0 Å². The third-order valence-corrected chi connectivity index (χ3v) is 3.99. The smallest absolute Gasteiger partial charge is 0.219 e. The van der Waals surface area contributed by atoms with E-state index in [4.69, 9.17) is 4.74 Å². The summed E-state index contributed by atoms with van der Waals surface area (Å²) < 4.78 is 5.47. The molecule has 0 saturated carbocycles. The molecule has 0 unspecified atom stereocenters. The fourth-order valence-electron chi connectivity index (χ4n) is 2.99. The minimum Gasteiger partial charge on any atom is -0.496 e. The zero-order chi connectivity index (χ0) is 13.6. The minimum atomic E-state index is 0.117. The van der Waals surface area contributed by atoms with Gasteiger partial charge in [-0.2, -0.15) is 0 Å². The van der Waals surface area contributed by atoms with E-state index in [0.717, 1.165) is 29.8 Å². The van der Waals surface area contributed by atoms with Crippen molar-refractivity contribution in [2.24, 2.45) is 0 Å². The van der Waals surface area contributed by atoms with Gasteiger partial charge < -0.3 is 14.6 Å². The van der Waals surface area contributed by atoms with Crippen LogP contribution in [-0.4, -0.2) is 29.4 Å². The van der Waals surface area contributed by atoms with Gasteiger partial charge in [-0.1, -0.05) is 0 Å². The number of carbonyl (C=O) groups excluding carboxylic acids is 1. The maximum atomic E-state index is 11.7. The molecule has 1 aromatic heterocycles. The Hall–Kier alpha value is -1.97. The van der Waals surface area contributed by atoms with Crippen molar-refractivity contribution in [2.45, 2.75) is 26.8 Å². The Morgan fingerprint density at radius 1 is 1.37 bits per heavy atom. The fraction of sp³-hybridized carbons (Fsp3) is 0.400. The quantitative estimate of drug-likeness (QED) is 0.853. The molecule has 19 heavy (non-hydrogen) atoms. The van der Waals surface area contributed by atoms with Crippen molar-refractivity contribution in [3.63, 3.8) is 0 Å². The van der Waals surface area contributed by atoms with Crippen LogP contribution in [0.5, 0.6) is 5.75 Å². The van der Waals surface area contributed by atoms with Gasteiger partial charge in [0.15, 0.2) is 0 Å². The third-order valence-electron chi connectivity index (χ3n) is 3.99. The number of nitrogens with zero attached hydrogens (tertiary/aromatic N) is 1. The van der Waals surface area contributed by atoms with E-state index in [1.165, 1.54) is 16.6 Å². The number of hydrogen-bond acceptors (Lipinski definition) is 2. The molecule has 0 saturated heterocycles. The van der Waals surface area contributed by atoms with Gasteiger partial charge in [0.05, 0.1) is 7.11 Å². The summed E-state index contributed by atoms with van der Waals surface area (Å²) in [7, 11) is 1.68. The van der Waals surface area contributed by atoms with Crippen LogP contribution in [0.4, 0.5) is 0 Å². The molecule has 4 nitrogen and oxygen atoms in total. The van der Waals surface area contributed by atoms with Crippen LogP contribution in [-0.2, 0) is 17.8 Å². The Balaban J connectivity index is 2.26. The molecule has 1 aromatic carbocycles. The first-order valence-electron chi connectivity index (χ1n) is 6.54. The van der Waals surface area contributed by atoms with Gasteiger partial charge in [-0.25, -0.2) is 0 Å². The summed E-state index contributed by atoms with van der Waals surface area (Å²) in [5.41, 5.74) is 4.75. The fourth-order valence-corrected chi connectivity index (χ4v) is 2.99. The number of hydrogen-bond donors (Lipinski definition) is 1. The molecule has 1 N–H and O–H groups in total. The Bertz CT molecular complexity index is 658. The van der Waals surface area contributed by atoms with Crippen LogP contribution in [0.25, 0.3) is 10.9 Å². The highest BCUT2D eigenvalue weighted by Crippen LogP contribution is 2.35. The minimum absolute atomic E-state index is 0.117. The number of aromatic nitrogens is 1. The van der Waals surface area contributed by atoms with Gasteiger partial charge in [-0.15, -0.1) is 0 Å².